The van der Waals surface area contributed by atoms with Gasteiger partial charge in [-0.05, 0) is 24.3 Å². The molecule has 0 aliphatic carbocycles. The normalized spacial score (nSPS) is 17.2. The van der Waals surface area contributed by atoms with Crippen molar-refractivity contribution in [1.82, 2.24) is 0 Å². The molecular weight excluding hydrogens is 250 g/mol. The predicted octanol–water partition coefficient (Wildman–Crippen LogP) is 2.43. The highest BCUT2D eigenvalue weighted by Crippen LogP contribution is 2.37. The maximum Gasteiger partial charge on any atom is 0.248 e. The summed E-state index contributed by atoms with van der Waals surface area (Å²) >= 11 is 0. The summed E-state index contributed by atoms with van der Waals surface area (Å²) in [6.45, 7) is 0. The van der Waals surface area contributed by atoms with Crippen LogP contribution >= 0.6 is 0 Å². The number of nitrogens with two attached hydrogens (primary N) is 1. The molecule has 0 saturated carbocycles. The Bertz CT molecular complexity index is 654. The van der Waals surface area contributed by atoms with Gasteiger partial charge in [0.15, 0.2) is 0 Å². The van der Waals surface area contributed by atoms with Gasteiger partial charge in [0.05, 0.1) is 5.69 Å². The van der Waals surface area contributed by atoms with E-state index >= 15 is 0 Å². The summed E-state index contributed by atoms with van der Waals surface area (Å²) in [7, 11) is 3.77. The number of para-hydroxylation sites is 1. The van der Waals surface area contributed by atoms with Crippen LogP contribution in [0.5, 0.6) is 0 Å². The van der Waals surface area contributed by atoms with Gasteiger partial charge in [-0.2, -0.15) is 0 Å². The smallest absolute Gasteiger partial charge is 0.248 e. The number of anilines is 3. The first-order valence-corrected chi connectivity index (χ1v) is 6.55. The van der Waals surface area contributed by atoms with Gasteiger partial charge in [0, 0.05) is 31.0 Å². The number of likely N-dealkylation sites (N-methyl/N-ethyl adjacent to an activating group) is 1. The number of hydrogen-bond acceptors (Lipinski definition) is 3. The molecule has 1 aliphatic heterocycles. The van der Waals surface area contributed by atoms with Crippen molar-refractivity contribution in [3.63, 3.8) is 0 Å². The van der Waals surface area contributed by atoms with Crippen LogP contribution in [-0.4, -0.2) is 20.0 Å². The molecule has 2 aromatic carbocycles. The largest absolute Gasteiger partial charge is 0.345 e. The van der Waals surface area contributed by atoms with Crippen molar-refractivity contribution in [1.29, 1.82) is 0 Å². The zero-order chi connectivity index (χ0) is 14.3. The first-order valence-electron chi connectivity index (χ1n) is 6.55. The second kappa shape index (κ2) is 4.65. The summed E-state index contributed by atoms with van der Waals surface area (Å²) in [5.74, 6) is -0.0560. The summed E-state index contributed by atoms with van der Waals surface area (Å²) < 4.78 is 0. The standard InChI is InChI=1S/C16H17N3O/c1-18(11-6-4-3-5-7-11)12-8-9-13-14(10-12)19(2)16(20)15(13)17/h3-10,15H,17H2,1-2H3. The monoisotopic (exact) mass is 267 g/mol. The summed E-state index contributed by atoms with van der Waals surface area (Å²) in [6, 6.07) is 15.5. The van der Waals surface area contributed by atoms with E-state index in [9.17, 15) is 4.79 Å². The molecule has 0 saturated heterocycles. The third-order valence-electron chi connectivity index (χ3n) is 3.84. The predicted molar refractivity (Wildman–Crippen MR) is 81.3 cm³/mol. The van der Waals surface area contributed by atoms with Crippen molar-refractivity contribution in [2.75, 3.05) is 23.9 Å². The fraction of sp³-hybridized carbons (Fsp3) is 0.188. The Morgan fingerprint density at radius 2 is 1.80 bits per heavy atom. The molecule has 0 spiro atoms. The van der Waals surface area contributed by atoms with Crippen LogP contribution in [0.1, 0.15) is 11.6 Å². The lowest BCUT2D eigenvalue weighted by molar-refractivity contribution is -0.118. The van der Waals surface area contributed by atoms with E-state index in [2.05, 4.69) is 4.90 Å². The van der Waals surface area contributed by atoms with E-state index < -0.39 is 6.04 Å². The molecule has 102 valence electrons. The third kappa shape index (κ3) is 1.85. The minimum absolute atomic E-state index is 0.0560. The molecule has 1 unspecified atom stereocenters. The zero-order valence-corrected chi connectivity index (χ0v) is 11.6. The molecule has 0 fully saturated rings. The van der Waals surface area contributed by atoms with Crippen molar-refractivity contribution >= 4 is 23.0 Å². The second-order valence-corrected chi connectivity index (χ2v) is 5.01. The number of rotatable bonds is 2. The van der Waals surface area contributed by atoms with Crippen molar-refractivity contribution in [2.45, 2.75) is 6.04 Å². The third-order valence-corrected chi connectivity index (χ3v) is 3.84. The van der Waals surface area contributed by atoms with Crippen LogP contribution in [0.2, 0.25) is 0 Å². The molecule has 1 aliphatic rings. The lowest BCUT2D eigenvalue weighted by Crippen LogP contribution is -2.27. The van der Waals surface area contributed by atoms with E-state index in [0.717, 1.165) is 22.6 Å². The van der Waals surface area contributed by atoms with E-state index in [1.807, 2.05) is 55.6 Å². The van der Waals surface area contributed by atoms with E-state index in [4.69, 9.17) is 5.73 Å². The molecule has 2 N–H and O–H groups in total. The van der Waals surface area contributed by atoms with Crippen molar-refractivity contribution in [3.8, 4) is 0 Å². The van der Waals surface area contributed by atoms with Gasteiger partial charge in [0.1, 0.15) is 6.04 Å². The van der Waals surface area contributed by atoms with Gasteiger partial charge < -0.3 is 15.5 Å². The van der Waals surface area contributed by atoms with Gasteiger partial charge in [-0.1, -0.05) is 24.3 Å². The van der Waals surface area contributed by atoms with Crippen LogP contribution in [0.4, 0.5) is 17.1 Å². The number of amides is 1. The Labute approximate surface area is 118 Å². The molecule has 1 atom stereocenters. The fourth-order valence-electron chi connectivity index (χ4n) is 2.56. The number of carbonyl (C=O) groups excluding carboxylic acids is 1. The number of nitrogens with zero attached hydrogens (tertiary/aromatic N) is 2. The highest BCUT2D eigenvalue weighted by molar-refractivity contribution is 6.04. The molecular formula is C16H17N3O. The fourth-order valence-corrected chi connectivity index (χ4v) is 2.56. The summed E-state index contributed by atoms with van der Waals surface area (Å²) in [5, 5.41) is 0. The molecule has 1 amide bonds. The number of carbonyl (C=O) groups is 1. The van der Waals surface area contributed by atoms with Crippen LogP contribution in [0.3, 0.4) is 0 Å². The first kappa shape index (κ1) is 12.7. The van der Waals surface area contributed by atoms with Crippen LogP contribution in [0.15, 0.2) is 48.5 Å². The molecule has 20 heavy (non-hydrogen) atoms. The molecule has 3 rings (SSSR count). The van der Waals surface area contributed by atoms with Crippen LogP contribution in [0.25, 0.3) is 0 Å². The maximum atomic E-state index is 11.9. The van der Waals surface area contributed by atoms with Crippen molar-refractivity contribution < 1.29 is 4.79 Å². The molecule has 1 heterocycles. The maximum absolute atomic E-state index is 11.9. The lowest BCUT2D eigenvalue weighted by atomic mass is 10.1. The molecule has 2 aromatic rings. The molecule has 0 aromatic heterocycles. The average Bonchev–Trinajstić information content (AvgIpc) is 2.72. The lowest BCUT2D eigenvalue weighted by Gasteiger charge is -2.21. The SMILES string of the molecule is CN1C(=O)C(N)c2ccc(N(C)c3ccccc3)cc21. The van der Waals surface area contributed by atoms with Crippen LogP contribution in [-0.2, 0) is 4.79 Å². The zero-order valence-electron chi connectivity index (χ0n) is 11.6. The van der Waals surface area contributed by atoms with E-state index in [0.29, 0.717) is 0 Å². The van der Waals surface area contributed by atoms with E-state index in [1.165, 1.54) is 0 Å². The Morgan fingerprint density at radius 3 is 2.50 bits per heavy atom. The van der Waals surface area contributed by atoms with Crippen molar-refractivity contribution in [3.05, 3.63) is 54.1 Å². The highest BCUT2D eigenvalue weighted by Gasteiger charge is 2.32. The van der Waals surface area contributed by atoms with Gasteiger partial charge in [-0.15, -0.1) is 0 Å². The average molecular weight is 267 g/mol. The Hall–Kier alpha value is -2.33. The molecule has 0 bridgehead atoms. The Kier molecular flexibility index (Phi) is 2.95. The van der Waals surface area contributed by atoms with Gasteiger partial charge in [0.25, 0.3) is 0 Å². The Morgan fingerprint density at radius 1 is 1.10 bits per heavy atom. The summed E-state index contributed by atoms with van der Waals surface area (Å²) in [6.07, 6.45) is 0. The van der Waals surface area contributed by atoms with Gasteiger partial charge in [-0.3, -0.25) is 4.79 Å². The topological polar surface area (TPSA) is 49.6 Å². The first-order chi connectivity index (χ1) is 9.59. The number of fused-ring (bicyclic) bond motifs is 1. The highest BCUT2D eigenvalue weighted by atomic mass is 16.2. The minimum Gasteiger partial charge on any atom is -0.345 e. The van der Waals surface area contributed by atoms with Gasteiger partial charge >= 0.3 is 0 Å². The summed E-state index contributed by atoms with van der Waals surface area (Å²) in [4.78, 5) is 15.6. The van der Waals surface area contributed by atoms with E-state index in [-0.39, 0.29) is 5.91 Å². The number of hydrogen-bond donors (Lipinski definition) is 1. The van der Waals surface area contributed by atoms with E-state index in [1.54, 1.807) is 11.9 Å². The number of benzene rings is 2. The quantitative estimate of drug-likeness (QED) is 0.909. The molecule has 4 heteroatoms. The van der Waals surface area contributed by atoms with Crippen molar-refractivity contribution in [2.24, 2.45) is 5.73 Å². The summed E-state index contributed by atoms with van der Waals surface area (Å²) in [5.41, 5.74) is 9.83. The van der Waals surface area contributed by atoms with Gasteiger partial charge in [0.2, 0.25) is 5.91 Å². The van der Waals surface area contributed by atoms with Gasteiger partial charge in [-0.25, -0.2) is 0 Å². The second-order valence-electron chi connectivity index (χ2n) is 5.01. The minimum atomic E-state index is -0.536. The van der Waals surface area contributed by atoms with Crippen LogP contribution < -0.4 is 15.5 Å². The Balaban J connectivity index is 2.00. The molecule has 0 radical (unpaired) electrons. The molecule has 4 nitrogen and oxygen atoms in total. The van der Waals surface area contributed by atoms with Crippen LogP contribution in [0, 0.1) is 0 Å².